The van der Waals surface area contributed by atoms with Gasteiger partial charge in [0.1, 0.15) is 0 Å². The van der Waals surface area contributed by atoms with Gasteiger partial charge in [-0.05, 0) is 43.4 Å². The molecule has 0 aromatic carbocycles. The van der Waals surface area contributed by atoms with Gasteiger partial charge in [-0.15, -0.1) is 11.6 Å². The molecule has 4 nitrogen and oxygen atoms in total. The van der Waals surface area contributed by atoms with E-state index in [-0.39, 0.29) is 5.41 Å². The fraction of sp³-hybridized carbons (Fsp3) is 1.00. The second-order valence-corrected chi connectivity index (χ2v) is 9.18. The Bertz CT molecular complexity index is 425. The van der Waals surface area contributed by atoms with Crippen LogP contribution in [0.4, 0.5) is 0 Å². The van der Waals surface area contributed by atoms with Gasteiger partial charge in [0.2, 0.25) is 0 Å². The molecular formula is C14H27ClN2O2S. The van der Waals surface area contributed by atoms with Crippen molar-refractivity contribution >= 4 is 21.8 Å². The summed E-state index contributed by atoms with van der Waals surface area (Å²) in [5.74, 6) is 0.864. The third-order valence-electron chi connectivity index (χ3n) is 4.65. The van der Waals surface area contributed by atoms with Crippen LogP contribution in [-0.4, -0.2) is 49.1 Å². The predicted molar refractivity (Wildman–Crippen MR) is 83.1 cm³/mol. The Balaban J connectivity index is 2.05. The predicted octanol–water partition coefficient (Wildman–Crippen LogP) is 2.69. The van der Waals surface area contributed by atoms with Crippen LogP contribution in [0.5, 0.6) is 0 Å². The number of hydrogen-bond acceptors (Lipinski definition) is 2. The van der Waals surface area contributed by atoms with E-state index in [1.807, 2.05) is 0 Å². The molecule has 6 heteroatoms. The molecule has 20 heavy (non-hydrogen) atoms. The Labute approximate surface area is 128 Å². The fourth-order valence-electron chi connectivity index (χ4n) is 3.15. The zero-order valence-electron chi connectivity index (χ0n) is 12.6. The topological polar surface area (TPSA) is 40.6 Å². The first-order chi connectivity index (χ1) is 9.35. The summed E-state index contributed by atoms with van der Waals surface area (Å²) in [5, 5.41) is 0. The molecule has 2 aliphatic heterocycles. The van der Waals surface area contributed by atoms with Crippen molar-refractivity contribution in [1.82, 2.24) is 8.61 Å². The van der Waals surface area contributed by atoms with Crippen LogP contribution in [0.15, 0.2) is 0 Å². The van der Waals surface area contributed by atoms with Gasteiger partial charge in [0, 0.05) is 32.1 Å². The molecular weight excluding hydrogens is 296 g/mol. The van der Waals surface area contributed by atoms with Crippen molar-refractivity contribution in [2.24, 2.45) is 11.3 Å². The molecule has 118 valence electrons. The fourth-order valence-corrected chi connectivity index (χ4v) is 5.17. The molecule has 0 amide bonds. The molecule has 0 bridgehead atoms. The zero-order chi connectivity index (χ0) is 14.8. The summed E-state index contributed by atoms with van der Waals surface area (Å²) in [5.41, 5.74) is 0.255. The highest BCUT2D eigenvalue weighted by Crippen LogP contribution is 2.31. The van der Waals surface area contributed by atoms with Crippen LogP contribution in [0.1, 0.15) is 46.0 Å². The average Bonchev–Trinajstić information content (AvgIpc) is 2.60. The monoisotopic (exact) mass is 322 g/mol. The van der Waals surface area contributed by atoms with Gasteiger partial charge in [-0.2, -0.15) is 17.0 Å². The molecule has 0 radical (unpaired) electrons. The first-order valence-corrected chi connectivity index (χ1v) is 9.59. The van der Waals surface area contributed by atoms with Crippen molar-refractivity contribution in [3.63, 3.8) is 0 Å². The lowest BCUT2D eigenvalue weighted by molar-refractivity contribution is 0.257. The van der Waals surface area contributed by atoms with Crippen LogP contribution in [0.2, 0.25) is 0 Å². The van der Waals surface area contributed by atoms with Gasteiger partial charge in [-0.3, -0.25) is 0 Å². The zero-order valence-corrected chi connectivity index (χ0v) is 14.2. The molecule has 0 saturated carbocycles. The van der Waals surface area contributed by atoms with Crippen molar-refractivity contribution in [2.75, 3.05) is 32.1 Å². The summed E-state index contributed by atoms with van der Waals surface area (Å²) in [6.45, 7) is 7.01. The van der Waals surface area contributed by atoms with E-state index >= 15 is 0 Å². The van der Waals surface area contributed by atoms with E-state index in [0.29, 0.717) is 38.0 Å². The standard InChI is InChI=1S/C14H27ClN2O2S/c1-14(2)6-4-9-16(10-7-14)20(18,19)17-8-3-5-13(11-15)12-17/h13H,3-12H2,1-2H3. The normalized spacial score (nSPS) is 30.1. The quantitative estimate of drug-likeness (QED) is 0.750. The summed E-state index contributed by atoms with van der Waals surface area (Å²) in [6, 6.07) is 0. The minimum Gasteiger partial charge on any atom is -0.195 e. The third-order valence-corrected chi connectivity index (χ3v) is 7.09. The number of halogens is 1. The van der Waals surface area contributed by atoms with Gasteiger partial charge in [-0.1, -0.05) is 13.8 Å². The van der Waals surface area contributed by atoms with Gasteiger partial charge < -0.3 is 0 Å². The Morgan fingerprint density at radius 2 is 1.80 bits per heavy atom. The van der Waals surface area contributed by atoms with Gasteiger partial charge >= 0.3 is 0 Å². The van der Waals surface area contributed by atoms with E-state index in [9.17, 15) is 8.42 Å². The maximum atomic E-state index is 12.8. The number of rotatable bonds is 3. The summed E-state index contributed by atoms with van der Waals surface area (Å²) in [7, 11) is -3.29. The number of hydrogen-bond donors (Lipinski definition) is 0. The van der Waals surface area contributed by atoms with Crippen LogP contribution in [0.3, 0.4) is 0 Å². The van der Waals surface area contributed by atoms with Crippen molar-refractivity contribution in [3.05, 3.63) is 0 Å². The lowest BCUT2D eigenvalue weighted by Crippen LogP contribution is -2.48. The maximum Gasteiger partial charge on any atom is 0.281 e. The SMILES string of the molecule is CC1(C)CCCN(S(=O)(=O)N2CCCC(CCl)C2)CC1. The highest BCUT2D eigenvalue weighted by molar-refractivity contribution is 7.86. The van der Waals surface area contributed by atoms with Crippen LogP contribution < -0.4 is 0 Å². The van der Waals surface area contributed by atoms with Gasteiger partial charge in [-0.25, -0.2) is 0 Å². The molecule has 2 saturated heterocycles. The molecule has 0 N–H and O–H groups in total. The van der Waals surface area contributed by atoms with E-state index in [1.54, 1.807) is 8.61 Å². The van der Waals surface area contributed by atoms with Crippen molar-refractivity contribution in [2.45, 2.75) is 46.0 Å². The lowest BCUT2D eigenvalue weighted by atomic mass is 9.85. The molecule has 0 spiro atoms. The van der Waals surface area contributed by atoms with E-state index in [0.717, 1.165) is 32.1 Å². The molecule has 2 fully saturated rings. The summed E-state index contributed by atoms with van der Waals surface area (Å²) in [6.07, 6.45) is 4.97. The molecule has 1 unspecified atom stereocenters. The molecule has 0 aromatic heterocycles. The minimum absolute atomic E-state index is 0.255. The Hall–Kier alpha value is 0.160. The number of nitrogens with zero attached hydrogens (tertiary/aromatic N) is 2. The first kappa shape index (κ1) is 16.5. The van der Waals surface area contributed by atoms with Crippen molar-refractivity contribution < 1.29 is 8.42 Å². The van der Waals surface area contributed by atoms with E-state index in [1.165, 1.54) is 0 Å². The summed E-state index contributed by atoms with van der Waals surface area (Å²) < 4.78 is 28.9. The lowest BCUT2D eigenvalue weighted by Gasteiger charge is -2.34. The Morgan fingerprint density at radius 3 is 2.50 bits per heavy atom. The molecule has 2 rings (SSSR count). The van der Waals surface area contributed by atoms with Gasteiger partial charge in [0.15, 0.2) is 0 Å². The van der Waals surface area contributed by atoms with Crippen molar-refractivity contribution in [3.8, 4) is 0 Å². The molecule has 2 aliphatic rings. The highest BCUT2D eigenvalue weighted by Gasteiger charge is 2.35. The second kappa shape index (κ2) is 6.51. The van der Waals surface area contributed by atoms with E-state index in [2.05, 4.69) is 13.8 Å². The van der Waals surface area contributed by atoms with Gasteiger partial charge in [0.25, 0.3) is 10.2 Å². The third kappa shape index (κ3) is 3.87. The molecule has 0 aliphatic carbocycles. The van der Waals surface area contributed by atoms with E-state index in [4.69, 9.17) is 11.6 Å². The molecule has 2 heterocycles. The Kier molecular flexibility index (Phi) is 5.38. The minimum atomic E-state index is -3.29. The van der Waals surface area contributed by atoms with Gasteiger partial charge in [0.05, 0.1) is 0 Å². The molecule has 1 atom stereocenters. The smallest absolute Gasteiger partial charge is 0.195 e. The van der Waals surface area contributed by atoms with Crippen LogP contribution >= 0.6 is 11.6 Å². The average molecular weight is 323 g/mol. The maximum absolute atomic E-state index is 12.8. The molecule has 0 aromatic rings. The second-order valence-electron chi connectivity index (χ2n) is 6.95. The number of alkyl halides is 1. The summed E-state index contributed by atoms with van der Waals surface area (Å²) in [4.78, 5) is 0. The first-order valence-electron chi connectivity index (χ1n) is 7.66. The summed E-state index contributed by atoms with van der Waals surface area (Å²) >= 11 is 5.91. The van der Waals surface area contributed by atoms with Crippen LogP contribution in [0.25, 0.3) is 0 Å². The number of piperidine rings is 1. The largest absolute Gasteiger partial charge is 0.281 e. The van der Waals surface area contributed by atoms with E-state index < -0.39 is 10.2 Å². The highest BCUT2D eigenvalue weighted by atomic mass is 35.5. The van der Waals surface area contributed by atoms with Crippen molar-refractivity contribution in [1.29, 1.82) is 0 Å². The Morgan fingerprint density at radius 1 is 1.10 bits per heavy atom. The van der Waals surface area contributed by atoms with Crippen LogP contribution in [0, 0.1) is 11.3 Å². The van der Waals surface area contributed by atoms with Crippen LogP contribution in [-0.2, 0) is 10.2 Å².